The first-order valence-electron chi connectivity index (χ1n) is 9.02. The van der Waals surface area contributed by atoms with Crippen molar-refractivity contribution in [3.63, 3.8) is 0 Å². The van der Waals surface area contributed by atoms with Crippen LogP contribution < -0.4 is 4.74 Å². The number of benzene rings is 1. The third kappa shape index (κ3) is 2.63. The zero-order valence-electron chi connectivity index (χ0n) is 14.6. The number of nitrogens with zero attached hydrogens (tertiary/aromatic N) is 4. The Morgan fingerprint density at radius 2 is 2.19 bits per heavy atom. The summed E-state index contributed by atoms with van der Waals surface area (Å²) in [5, 5.41) is 5.63. The maximum atomic E-state index is 6.18. The van der Waals surface area contributed by atoms with Gasteiger partial charge in [-0.1, -0.05) is 25.1 Å². The molecule has 0 bridgehead atoms. The zero-order chi connectivity index (χ0) is 17.5. The van der Waals surface area contributed by atoms with Gasteiger partial charge in [-0.3, -0.25) is 4.90 Å². The van der Waals surface area contributed by atoms with E-state index in [4.69, 9.17) is 9.15 Å². The SMILES string of the molecule is CCN1CCC(Oc2cc(-c3cc4ccccc4o3)c3nccn3n2)C1. The molecule has 1 saturated heterocycles. The van der Waals surface area contributed by atoms with Crippen LogP contribution in [0, 0.1) is 0 Å². The number of fused-ring (bicyclic) bond motifs is 2. The zero-order valence-corrected chi connectivity index (χ0v) is 14.6. The molecule has 4 heterocycles. The third-order valence-electron chi connectivity index (χ3n) is 4.99. The summed E-state index contributed by atoms with van der Waals surface area (Å²) in [4.78, 5) is 6.83. The summed E-state index contributed by atoms with van der Waals surface area (Å²) >= 11 is 0. The molecule has 1 aromatic carbocycles. The number of furan rings is 1. The Morgan fingerprint density at radius 3 is 3.04 bits per heavy atom. The Labute approximate surface area is 151 Å². The molecule has 0 N–H and O–H groups in total. The van der Waals surface area contributed by atoms with E-state index in [9.17, 15) is 0 Å². The van der Waals surface area contributed by atoms with Crippen molar-refractivity contribution in [1.82, 2.24) is 19.5 Å². The number of ether oxygens (including phenoxy) is 1. The highest BCUT2D eigenvalue weighted by molar-refractivity contribution is 5.86. The average Bonchev–Trinajstić information content (AvgIpc) is 3.39. The normalized spacial score (nSPS) is 18.1. The molecule has 1 unspecified atom stereocenters. The molecule has 6 nitrogen and oxygen atoms in total. The fourth-order valence-corrected chi connectivity index (χ4v) is 3.60. The number of likely N-dealkylation sites (N-methyl/N-ethyl adjacent to an activating group) is 1. The van der Waals surface area contributed by atoms with Crippen molar-refractivity contribution < 1.29 is 9.15 Å². The van der Waals surface area contributed by atoms with Gasteiger partial charge in [0.2, 0.25) is 5.88 Å². The smallest absolute Gasteiger partial charge is 0.232 e. The molecule has 4 aromatic rings. The van der Waals surface area contributed by atoms with Crippen LogP contribution in [0.1, 0.15) is 13.3 Å². The average molecular weight is 348 g/mol. The second-order valence-corrected chi connectivity index (χ2v) is 6.66. The lowest BCUT2D eigenvalue weighted by Gasteiger charge is -2.15. The summed E-state index contributed by atoms with van der Waals surface area (Å²) in [5.41, 5.74) is 2.51. The van der Waals surface area contributed by atoms with Gasteiger partial charge in [-0.25, -0.2) is 9.50 Å². The molecule has 0 radical (unpaired) electrons. The van der Waals surface area contributed by atoms with Crippen molar-refractivity contribution >= 4 is 16.6 Å². The molecule has 0 amide bonds. The number of hydrogen-bond donors (Lipinski definition) is 0. The molecule has 0 aliphatic carbocycles. The lowest BCUT2D eigenvalue weighted by Crippen LogP contribution is -2.24. The summed E-state index contributed by atoms with van der Waals surface area (Å²) in [6.07, 6.45) is 4.78. The molecule has 26 heavy (non-hydrogen) atoms. The van der Waals surface area contributed by atoms with Crippen molar-refractivity contribution in [1.29, 1.82) is 0 Å². The molecule has 1 aliphatic heterocycles. The van der Waals surface area contributed by atoms with Crippen LogP contribution in [-0.4, -0.2) is 45.2 Å². The van der Waals surface area contributed by atoms with E-state index in [0.29, 0.717) is 5.88 Å². The van der Waals surface area contributed by atoms with Crippen molar-refractivity contribution in [2.75, 3.05) is 19.6 Å². The first-order valence-corrected chi connectivity index (χ1v) is 9.02. The quantitative estimate of drug-likeness (QED) is 0.564. The monoisotopic (exact) mass is 348 g/mol. The minimum Gasteiger partial charge on any atom is -0.472 e. The van der Waals surface area contributed by atoms with E-state index >= 15 is 0 Å². The minimum atomic E-state index is 0.173. The van der Waals surface area contributed by atoms with Gasteiger partial charge in [-0.05, 0) is 25.1 Å². The lowest BCUT2D eigenvalue weighted by molar-refractivity contribution is 0.192. The highest BCUT2D eigenvalue weighted by Gasteiger charge is 2.24. The summed E-state index contributed by atoms with van der Waals surface area (Å²) in [6, 6.07) is 12.0. The Hall–Kier alpha value is -2.86. The van der Waals surface area contributed by atoms with E-state index in [1.165, 1.54) is 0 Å². The standard InChI is InChI=1S/C20H20N4O2/c1-2-23-9-7-15(13-23)25-19-12-16(20-21-8-10-24(20)22-19)18-11-14-5-3-4-6-17(14)26-18/h3-6,8,10-12,15H,2,7,9,13H2,1H3. The van der Waals surface area contributed by atoms with Crippen LogP contribution in [0.4, 0.5) is 0 Å². The topological polar surface area (TPSA) is 55.8 Å². The lowest BCUT2D eigenvalue weighted by atomic mass is 10.2. The van der Waals surface area contributed by atoms with Gasteiger partial charge in [-0.15, -0.1) is 5.10 Å². The Bertz CT molecular complexity index is 1030. The van der Waals surface area contributed by atoms with Gasteiger partial charge in [0.05, 0.1) is 5.56 Å². The number of aromatic nitrogens is 3. The van der Waals surface area contributed by atoms with Crippen molar-refractivity contribution in [3.05, 3.63) is 48.8 Å². The fourth-order valence-electron chi connectivity index (χ4n) is 3.60. The fraction of sp³-hybridized carbons (Fsp3) is 0.300. The number of rotatable bonds is 4. The van der Waals surface area contributed by atoms with Crippen LogP contribution in [0.3, 0.4) is 0 Å². The highest BCUT2D eigenvalue weighted by atomic mass is 16.5. The van der Waals surface area contributed by atoms with Gasteiger partial charge in [0.15, 0.2) is 5.65 Å². The van der Waals surface area contributed by atoms with Crippen LogP contribution in [0.5, 0.6) is 5.88 Å². The van der Waals surface area contributed by atoms with Gasteiger partial charge in [-0.2, -0.15) is 0 Å². The second kappa shape index (κ2) is 6.14. The van der Waals surface area contributed by atoms with Crippen molar-refractivity contribution in [2.24, 2.45) is 0 Å². The predicted octanol–water partition coefficient (Wildman–Crippen LogP) is 3.62. The van der Waals surface area contributed by atoms with Crippen LogP contribution in [0.15, 0.2) is 53.2 Å². The molecule has 132 valence electrons. The molecular weight excluding hydrogens is 328 g/mol. The summed E-state index contributed by atoms with van der Waals surface area (Å²) in [6.45, 7) is 5.25. The van der Waals surface area contributed by atoms with Crippen LogP contribution in [0.2, 0.25) is 0 Å². The first kappa shape index (κ1) is 15.4. The second-order valence-electron chi connectivity index (χ2n) is 6.66. The molecular formula is C20H20N4O2. The van der Waals surface area contributed by atoms with Gasteiger partial charge in [0, 0.05) is 36.9 Å². The van der Waals surface area contributed by atoms with E-state index < -0.39 is 0 Å². The van der Waals surface area contributed by atoms with Gasteiger partial charge in [0.1, 0.15) is 17.4 Å². The Kier molecular flexibility index (Phi) is 3.64. The Morgan fingerprint density at radius 1 is 1.27 bits per heavy atom. The van der Waals surface area contributed by atoms with E-state index in [1.807, 2.05) is 42.6 Å². The highest BCUT2D eigenvalue weighted by Crippen LogP contribution is 2.32. The molecule has 0 saturated carbocycles. The van der Waals surface area contributed by atoms with E-state index in [2.05, 4.69) is 21.9 Å². The van der Waals surface area contributed by atoms with Crippen molar-refractivity contribution in [3.8, 4) is 17.2 Å². The molecule has 3 aromatic heterocycles. The maximum Gasteiger partial charge on any atom is 0.232 e. The summed E-state index contributed by atoms with van der Waals surface area (Å²) in [5.74, 6) is 1.38. The predicted molar refractivity (Wildman–Crippen MR) is 99.3 cm³/mol. The number of hydrogen-bond acceptors (Lipinski definition) is 5. The molecule has 5 rings (SSSR count). The van der Waals surface area contributed by atoms with Crippen LogP contribution in [-0.2, 0) is 0 Å². The van der Waals surface area contributed by atoms with E-state index in [-0.39, 0.29) is 6.10 Å². The van der Waals surface area contributed by atoms with Crippen LogP contribution in [0.25, 0.3) is 27.9 Å². The van der Waals surface area contributed by atoms with Crippen molar-refractivity contribution in [2.45, 2.75) is 19.4 Å². The van der Waals surface area contributed by atoms with Gasteiger partial charge >= 0.3 is 0 Å². The van der Waals surface area contributed by atoms with Crippen LogP contribution >= 0.6 is 0 Å². The molecule has 1 atom stereocenters. The number of para-hydroxylation sites is 1. The summed E-state index contributed by atoms with van der Waals surface area (Å²) in [7, 11) is 0. The first-order chi connectivity index (χ1) is 12.8. The maximum absolute atomic E-state index is 6.18. The van der Waals surface area contributed by atoms with E-state index in [0.717, 1.165) is 54.0 Å². The van der Waals surface area contributed by atoms with Gasteiger partial charge < -0.3 is 9.15 Å². The number of imidazole rings is 1. The molecule has 0 spiro atoms. The Balaban J connectivity index is 1.55. The van der Waals surface area contributed by atoms with Gasteiger partial charge in [0.25, 0.3) is 0 Å². The van der Waals surface area contributed by atoms with E-state index in [1.54, 1.807) is 10.7 Å². The third-order valence-corrected chi connectivity index (χ3v) is 4.99. The molecule has 1 aliphatic rings. The minimum absolute atomic E-state index is 0.173. The largest absolute Gasteiger partial charge is 0.472 e. The summed E-state index contributed by atoms with van der Waals surface area (Å²) < 4.78 is 14.0. The molecule has 1 fully saturated rings. The number of likely N-dealkylation sites (tertiary alicyclic amines) is 1. The molecule has 6 heteroatoms.